The van der Waals surface area contributed by atoms with E-state index in [0.29, 0.717) is 0 Å². The van der Waals surface area contributed by atoms with E-state index in [4.69, 9.17) is 0 Å². The molecule has 134 valence electrons. The Bertz CT molecular complexity index is 876. The second-order valence-corrected chi connectivity index (χ2v) is 9.20. The molecule has 0 saturated carbocycles. The van der Waals surface area contributed by atoms with Gasteiger partial charge < -0.3 is 5.32 Å². The summed E-state index contributed by atoms with van der Waals surface area (Å²) in [6.07, 6.45) is 1.97. The minimum absolute atomic E-state index is 0.0629. The molecule has 2 aromatic carbocycles. The molecule has 1 heterocycles. The van der Waals surface area contributed by atoms with Crippen molar-refractivity contribution >= 4 is 46.5 Å². The summed E-state index contributed by atoms with van der Waals surface area (Å²) in [6.45, 7) is 4.05. The number of aryl methyl sites for hydroxylation is 2. The molecule has 1 unspecified atom stereocenters. The number of rotatable bonds is 6. The van der Waals surface area contributed by atoms with Crippen LogP contribution in [0.1, 0.15) is 21.9 Å². The predicted octanol–water partition coefficient (Wildman–Crippen LogP) is 5.35. The molecule has 0 aliphatic rings. The molecule has 1 atom stereocenters. The van der Waals surface area contributed by atoms with E-state index in [1.165, 1.54) is 23.1 Å². The SMILES string of the molecule is CSc1nnc(SC(C(=O)Nc2cc(C)cc(C)c2)c2ccccc2)s1. The highest BCUT2D eigenvalue weighted by Crippen LogP contribution is 2.39. The van der Waals surface area contributed by atoms with Crippen LogP contribution in [0.4, 0.5) is 5.69 Å². The first kappa shape index (κ1) is 18.9. The number of carbonyl (C=O) groups is 1. The highest BCUT2D eigenvalue weighted by atomic mass is 32.2. The van der Waals surface area contributed by atoms with Gasteiger partial charge in [-0.3, -0.25) is 4.79 Å². The first-order valence-corrected chi connectivity index (χ1v) is 11.0. The van der Waals surface area contributed by atoms with Crippen LogP contribution in [-0.2, 0) is 4.79 Å². The molecule has 0 radical (unpaired) electrons. The lowest BCUT2D eigenvalue weighted by Gasteiger charge is -2.16. The zero-order chi connectivity index (χ0) is 18.5. The van der Waals surface area contributed by atoms with Crippen molar-refractivity contribution in [2.75, 3.05) is 11.6 Å². The van der Waals surface area contributed by atoms with Crippen molar-refractivity contribution in [2.24, 2.45) is 0 Å². The first-order chi connectivity index (χ1) is 12.5. The Kier molecular flexibility index (Phi) is 6.34. The Labute approximate surface area is 165 Å². The number of benzene rings is 2. The van der Waals surface area contributed by atoms with Crippen molar-refractivity contribution in [1.82, 2.24) is 10.2 Å². The molecule has 26 heavy (non-hydrogen) atoms. The number of carbonyl (C=O) groups excluding carboxylic acids is 1. The molecule has 7 heteroatoms. The van der Waals surface area contributed by atoms with Crippen molar-refractivity contribution in [3.8, 4) is 0 Å². The zero-order valence-corrected chi connectivity index (χ0v) is 17.2. The highest BCUT2D eigenvalue weighted by molar-refractivity contribution is 8.03. The monoisotopic (exact) mass is 401 g/mol. The number of hydrogen-bond donors (Lipinski definition) is 1. The molecule has 4 nitrogen and oxygen atoms in total. The van der Waals surface area contributed by atoms with Gasteiger partial charge in [0.05, 0.1) is 0 Å². The van der Waals surface area contributed by atoms with Gasteiger partial charge in [0.15, 0.2) is 8.68 Å². The fourth-order valence-corrected chi connectivity index (χ4v) is 5.21. The number of nitrogens with one attached hydrogen (secondary N) is 1. The smallest absolute Gasteiger partial charge is 0.242 e. The Morgan fingerprint density at radius 1 is 1.04 bits per heavy atom. The van der Waals surface area contributed by atoms with Crippen LogP contribution in [0, 0.1) is 13.8 Å². The quantitative estimate of drug-likeness (QED) is 0.564. The molecular formula is C19H19N3OS3. The first-order valence-electron chi connectivity index (χ1n) is 8.03. The molecule has 0 fully saturated rings. The number of nitrogens with zero attached hydrogens (tertiary/aromatic N) is 2. The summed E-state index contributed by atoms with van der Waals surface area (Å²) in [4.78, 5) is 13.0. The molecule has 0 aliphatic heterocycles. The van der Waals surface area contributed by atoms with Crippen LogP contribution in [0.2, 0.25) is 0 Å². The van der Waals surface area contributed by atoms with Crippen molar-refractivity contribution in [3.05, 3.63) is 65.2 Å². The van der Waals surface area contributed by atoms with E-state index in [1.54, 1.807) is 11.8 Å². The molecule has 1 N–H and O–H groups in total. The molecule has 3 rings (SSSR count). The Balaban J connectivity index is 1.85. The van der Waals surface area contributed by atoms with Crippen molar-refractivity contribution in [2.45, 2.75) is 27.8 Å². The molecule has 1 aromatic heterocycles. The van der Waals surface area contributed by atoms with Crippen LogP contribution in [0.15, 0.2) is 57.2 Å². The molecule has 0 bridgehead atoms. The fraction of sp³-hybridized carbons (Fsp3) is 0.211. The summed E-state index contributed by atoms with van der Waals surface area (Å²) < 4.78 is 1.69. The van der Waals surface area contributed by atoms with E-state index in [2.05, 4.69) is 21.6 Å². The largest absolute Gasteiger partial charge is 0.325 e. The third-order valence-corrected chi connectivity index (χ3v) is 6.85. The van der Waals surface area contributed by atoms with Gasteiger partial charge in [0, 0.05) is 5.69 Å². The van der Waals surface area contributed by atoms with E-state index in [0.717, 1.165) is 31.1 Å². The zero-order valence-electron chi connectivity index (χ0n) is 14.7. The number of hydrogen-bond acceptors (Lipinski definition) is 6. The second-order valence-electron chi connectivity index (χ2n) is 5.81. The third-order valence-electron chi connectivity index (χ3n) is 3.61. The third kappa shape index (κ3) is 4.87. The van der Waals surface area contributed by atoms with Crippen molar-refractivity contribution in [3.63, 3.8) is 0 Å². The Morgan fingerprint density at radius 2 is 1.69 bits per heavy atom. The molecule has 0 saturated heterocycles. The van der Waals surface area contributed by atoms with E-state index < -0.39 is 0 Å². The van der Waals surface area contributed by atoms with Crippen LogP contribution in [0.25, 0.3) is 0 Å². The lowest BCUT2D eigenvalue weighted by molar-refractivity contribution is -0.115. The summed E-state index contributed by atoms with van der Waals surface area (Å²) in [5.41, 5.74) is 4.01. The predicted molar refractivity (Wildman–Crippen MR) is 111 cm³/mol. The fourth-order valence-electron chi connectivity index (χ4n) is 2.58. The van der Waals surface area contributed by atoms with E-state index in [-0.39, 0.29) is 11.2 Å². The van der Waals surface area contributed by atoms with Crippen LogP contribution in [-0.4, -0.2) is 22.4 Å². The lowest BCUT2D eigenvalue weighted by Crippen LogP contribution is -2.19. The Hall–Kier alpha value is -1.83. The maximum absolute atomic E-state index is 13.0. The summed E-state index contributed by atoms with van der Waals surface area (Å²) in [6, 6.07) is 15.8. The van der Waals surface area contributed by atoms with Gasteiger partial charge in [-0.1, -0.05) is 71.3 Å². The van der Waals surface area contributed by atoms with Crippen LogP contribution in [0.3, 0.4) is 0 Å². The molecular weight excluding hydrogens is 382 g/mol. The standard InChI is InChI=1S/C19H19N3OS3/c1-12-9-13(2)11-15(10-12)20-17(23)16(14-7-5-4-6-8-14)25-19-22-21-18(24-3)26-19/h4-11,16H,1-3H3,(H,20,23). The van der Waals surface area contributed by atoms with E-state index in [1.807, 2.05) is 62.6 Å². The van der Waals surface area contributed by atoms with Gasteiger partial charge in [0.1, 0.15) is 5.25 Å². The van der Waals surface area contributed by atoms with Crippen LogP contribution in [0.5, 0.6) is 0 Å². The minimum atomic E-state index is -0.389. The number of anilines is 1. The summed E-state index contributed by atoms with van der Waals surface area (Å²) >= 11 is 4.50. The lowest BCUT2D eigenvalue weighted by atomic mass is 10.1. The summed E-state index contributed by atoms with van der Waals surface area (Å²) in [7, 11) is 0. The average molecular weight is 402 g/mol. The maximum atomic E-state index is 13.0. The van der Waals surface area contributed by atoms with Gasteiger partial charge in [-0.25, -0.2) is 0 Å². The van der Waals surface area contributed by atoms with Gasteiger partial charge in [-0.05, 0) is 48.9 Å². The summed E-state index contributed by atoms with van der Waals surface area (Å²) in [5, 5.41) is 11.0. The van der Waals surface area contributed by atoms with Crippen molar-refractivity contribution < 1.29 is 4.79 Å². The van der Waals surface area contributed by atoms with Crippen LogP contribution < -0.4 is 5.32 Å². The second kappa shape index (κ2) is 8.70. The van der Waals surface area contributed by atoms with Gasteiger partial charge in [-0.2, -0.15) is 0 Å². The molecule has 3 aromatic rings. The van der Waals surface area contributed by atoms with Gasteiger partial charge in [-0.15, -0.1) is 10.2 Å². The van der Waals surface area contributed by atoms with Gasteiger partial charge in [0.25, 0.3) is 0 Å². The molecule has 0 spiro atoms. The number of thioether (sulfide) groups is 2. The normalized spacial score (nSPS) is 12.0. The maximum Gasteiger partial charge on any atom is 0.242 e. The van der Waals surface area contributed by atoms with Crippen molar-refractivity contribution in [1.29, 1.82) is 0 Å². The van der Waals surface area contributed by atoms with E-state index >= 15 is 0 Å². The van der Waals surface area contributed by atoms with Gasteiger partial charge >= 0.3 is 0 Å². The van der Waals surface area contributed by atoms with Gasteiger partial charge in [0.2, 0.25) is 5.91 Å². The topological polar surface area (TPSA) is 54.9 Å². The average Bonchev–Trinajstić information content (AvgIpc) is 3.07. The summed E-state index contributed by atoms with van der Waals surface area (Å²) in [5.74, 6) is -0.0629. The Morgan fingerprint density at radius 3 is 2.31 bits per heavy atom. The van der Waals surface area contributed by atoms with E-state index in [9.17, 15) is 4.79 Å². The number of amides is 1. The molecule has 0 aliphatic carbocycles. The minimum Gasteiger partial charge on any atom is -0.325 e. The molecule has 1 amide bonds. The number of aromatic nitrogens is 2. The van der Waals surface area contributed by atoms with Crippen LogP contribution >= 0.6 is 34.9 Å². The highest BCUT2D eigenvalue weighted by Gasteiger charge is 2.24.